The van der Waals surface area contributed by atoms with Gasteiger partial charge < -0.3 is 16.0 Å². The summed E-state index contributed by atoms with van der Waals surface area (Å²) in [7, 11) is 0. The third-order valence-electron chi connectivity index (χ3n) is 3.13. The summed E-state index contributed by atoms with van der Waals surface area (Å²) in [5.41, 5.74) is 12.8. The van der Waals surface area contributed by atoms with Crippen molar-refractivity contribution in [2.75, 3.05) is 5.73 Å². The largest absolute Gasteiger partial charge is 0.384 e. The first-order valence-electron chi connectivity index (χ1n) is 6.10. The number of anilines is 1. The Labute approximate surface area is 119 Å². The second kappa shape index (κ2) is 4.82. The molecule has 0 amide bonds. The van der Waals surface area contributed by atoms with Gasteiger partial charge in [-0.3, -0.25) is 5.41 Å². The number of hydrogen-bond acceptors (Lipinski definition) is 5. The van der Waals surface area contributed by atoms with Gasteiger partial charge in [0.25, 0.3) is 0 Å². The average Bonchev–Trinajstić information content (AvgIpc) is 2.85. The summed E-state index contributed by atoms with van der Waals surface area (Å²) < 4.78 is 15.7. The number of nitrogens with two attached hydrogens (primary N) is 2. The summed E-state index contributed by atoms with van der Waals surface area (Å²) in [5.74, 6) is -0.327. The highest BCUT2D eigenvalue weighted by molar-refractivity contribution is 5.94. The highest BCUT2D eigenvalue weighted by Gasteiger charge is 2.11. The molecule has 5 N–H and O–H groups in total. The van der Waals surface area contributed by atoms with Crippen LogP contribution in [0.5, 0.6) is 0 Å². The lowest BCUT2D eigenvalue weighted by Crippen LogP contribution is -2.12. The smallest absolute Gasteiger partial charge is 0.165 e. The third-order valence-corrected chi connectivity index (χ3v) is 3.13. The van der Waals surface area contributed by atoms with Gasteiger partial charge in [-0.25, -0.2) is 19.3 Å². The number of hydrogen-bond donors (Lipinski definition) is 3. The van der Waals surface area contributed by atoms with Crippen LogP contribution in [0.15, 0.2) is 30.9 Å². The van der Waals surface area contributed by atoms with E-state index in [2.05, 4.69) is 15.0 Å². The fraction of sp³-hybridized carbons (Fsp3) is 0.0769. The van der Waals surface area contributed by atoms with Gasteiger partial charge in [0, 0.05) is 11.1 Å². The molecule has 0 atom stereocenters. The maximum atomic E-state index is 14.0. The first-order valence-corrected chi connectivity index (χ1v) is 6.10. The number of rotatable bonds is 3. The molecule has 0 aliphatic heterocycles. The van der Waals surface area contributed by atoms with Gasteiger partial charge in [-0.05, 0) is 6.07 Å². The number of nitrogens with zero attached hydrogens (tertiary/aromatic N) is 4. The molecule has 2 aromatic heterocycles. The molecule has 2 heterocycles. The molecule has 106 valence electrons. The third kappa shape index (κ3) is 2.27. The van der Waals surface area contributed by atoms with Crippen molar-refractivity contribution in [2.24, 2.45) is 5.73 Å². The van der Waals surface area contributed by atoms with E-state index in [1.54, 1.807) is 16.7 Å². The quantitative estimate of drug-likeness (QED) is 0.487. The molecule has 0 bridgehead atoms. The van der Waals surface area contributed by atoms with Crippen molar-refractivity contribution in [3.05, 3.63) is 47.8 Å². The maximum Gasteiger partial charge on any atom is 0.165 e. The van der Waals surface area contributed by atoms with Gasteiger partial charge in [0.2, 0.25) is 0 Å². The first-order chi connectivity index (χ1) is 10.1. The van der Waals surface area contributed by atoms with Crippen molar-refractivity contribution in [1.29, 1.82) is 5.41 Å². The van der Waals surface area contributed by atoms with Crippen LogP contribution in [-0.4, -0.2) is 25.4 Å². The van der Waals surface area contributed by atoms with Crippen LogP contribution in [0.2, 0.25) is 0 Å². The Morgan fingerprint density at radius 1 is 1.29 bits per heavy atom. The van der Waals surface area contributed by atoms with Gasteiger partial charge in [0.15, 0.2) is 11.5 Å². The SMILES string of the molecule is N=C(N)c1ccc(Cn2cnc3c(N)ncnc32)c(F)c1. The molecule has 0 radical (unpaired) electrons. The minimum absolute atomic E-state index is 0.172. The van der Waals surface area contributed by atoms with Crippen LogP contribution >= 0.6 is 0 Å². The van der Waals surface area contributed by atoms with Crippen LogP contribution in [0.4, 0.5) is 10.2 Å². The second-order valence-electron chi connectivity index (χ2n) is 4.52. The van der Waals surface area contributed by atoms with Crippen LogP contribution in [0.25, 0.3) is 11.2 Å². The van der Waals surface area contributed by atoms with Crippen molar-refractivity contribution in [1.82, 2.24) is 19.5 Å². The number of amidine groups is 1. The standard InChI is InChI=1S/C13H12FN7/c14-9-3-7(11(15)16)1-2-8(9)4-21-6-20-10-12(17)18-5-19-13(10)21/h1-3,5-6H,4H2,(H3,15,16)(H2,17,18,19). The van der Waals surface area contributed by atoms with Crippen LogP contribution in [0, 0.1) is 11.2 Å². The Morgan fingerprint density at radius 3 is 2.81 bits per heavy atom. The molecule has 3 rings (SSSR count). The Hall–Kier alpha value is -3.03. The molecule has 1 aromatic carbocycles. The van der Waals surface area contributed by atoms with Gasteiger partial charge in [-0.1, -0.05) is 12.1 Å². The zero-order chi connectivity index (χ0) is 15.0. The lowest BCUT2D eigenvalue weighted by atomic mass is 10.1. The van der Waals surface area contributed by atoms with Gasteiger partial charge in [-0.15, -0.1) is 0 Å². The Kier molecular flexibility index (Phi) is 2.98. The summed E-state index contributed by atoms with van der Waals surface area (Å²) in [6.45, 7) is 0.247. The van der Waals surface area contributed by atoms with Gasteiger partial charge in [-0.2, -0.15) is 0 Å². The van der Waals surface area contributed by atoms with Crippen LogP contribution < -0.4 is 11.5 Å². The minimum Gasteiger partial charge on any atom is -0.384 e. The lowest BCUT2D eigenvalue weighted by Gasteiger charge is -2.07. The lowest BCUT2D eigenvalue weighted by molar-refractivity contribution is 0.600. The number of nitrogen functional groups attached to an aromatic ring is 2. The van der Waals surface area contributed by atoms with E-state index in [4.69, 9.17) is 16.9 Å². The maximum absolute atomic E-state index is 14.0. The van der Waals surface area contributed by atoms with E-state index in [0.29, 0.717) is 22.3 Å². The fourth-order valence-corrected chi connectivity index (χ4v) is 2.04. The molecule has 0 spiro atoms. The Bertz CT molecular complexity index is 840. The molecular formula is C13H12FN7. The van der Waals surface area contributed by atoms with E-state index in [0.717, 1.165) is 0 Å². The zero-order valence-corrected chi connectivity index (χ0v) is 10.9. The molecule has 8 heteroatoms. The summed E-state index contributed by atoms with van der Waals surface area (Å²) in [4.78, 5) is 12.1. The molecule has 0 unspecified atom stereocenters. The Balaban J connectivity index is 1.99. The van der Waals surface area contributed by atoms with E-state index < -0.39 is 5.82 Å². The van der Waals surface area contributed by atoms with Crippen molar-refractivity contribution in [2.45, 2.75) is 6.54 Å². The van der Waals surface area contributed by atoms with Crippen LogP contribution in [-0.2, 0) is 6.54 Å². The summed E-state index contributed by atoms with van der Waals surface area (Å²) in [6.07, 6.45) is 2.87. The number of nitrogens with one attached hydrogen (secondary N) is 1. The van der Waals surface area contributed by atoms with E-state index >= 15 is 0 Å². The number of halogens is 1. The van der Waals surface area contributed by atoms with E-state index in [1.165, 1.54) is 18.7 Å². The predicted octanol–water partition coefficient (Wildman–Crippen LogP) is 0.880. The zero-order valence-electron chi connectivity index (χ0n) is 10.9. The second-order valence-corrected chi connectivity index (χ2v) is 4.52. The summed E-state index contributed by atoms with van der Waals surface area (Å²) >= 11 is 0. The van der Waals surface area contributed by atoms with E-state index in [9.17, 15) is 4.39 Å². The highest BCUT2D eigenvalue weighted by Crippen LogP contribution is 2.17. The van der Waals surface area contributed by atoms with E-state index in [-0.39, 0.29) is 18.2 Å². The number of imidazole rings is 1. The molecule has 3 aromatic rings. The van der Waals surface area contributed by atoms with Crippen LogP contribution in [0.1, 0.15) is 11.1 Å². The van der Waals surface area contributed by atoms with Gasteiger partial charge in [0.1, 0.15) is 23.5 Å². The molecule has 21 heavy (non-hydrogen) atoms. The molecule has 0 fully saturated rings. The first kappa shape index (κ1) is 13.0. The van der Waals surface area contributed by atoms with Crippen molar-refractivity contribution < 1.29 is 4.39 Å². The predicted molar refractivity (Wildman–Crippen MR) is 76.3 cm³/mol. The molecule has 0 saturated heterocycles. The molecular weight excluding hydrogens is 273 g/mol. The normalized spacial score (nSPS) is 10.9. The summed E-state index contributed by atoms with van der Waals surface area (Å²) in [6, 6.07) is 4.42. The van der Waals surface area contributed by atoms with Crippen LogP contribution in [0.3, 0.4) is 0 Å². The van der Waals surface area contributed by atoms with Crippen molar-refractivity contribution in [3.8, 4) is 0 Å². The number of aromatic nitrogens is 4. The Morgan fingerprint density at radius 2 is 2.10 bits per heavy atom. The molecule has 0 aliphatic carbocycles. The minimum atomic E-state index is -0.438. The number of fused-ring (bicyclic) bond motifs is 1. The summed E-state index contributed by atoms with van der Waals surface area (Å²) in [5, 5.41) is 7.30. The molecule has 0 aliphatic rings. The monoisotopic (exact) mass is 285 g/mol. The topological polar surface area (TPSA) is 119 Å². The van der Waals surface area contributed by atoms with Crippen molar-refractivity contribution in [3.63, 3.8) is 0 Å². The van der Waals surface area contributed by atoms with Crippen molar-refractivity contribution >= 4 is 22.8 Å². The number of benzene rings is 1. The van der Waals surface area contributed by atoms with E-state index in [1.807, 2.05) is 0 Å². The molecule has 0 saturated carbocycles. The van der Waals surface area contributed by atoms with Gasteiger partial charge >= 0.3 is 0 Å². The average molecular weight is 285 g/mol. The highest BCUT2D eigenvalue weighted by atomic mass is 19.1. The fourth-order valence-electron chi connectivity index (χ4n) is 2.04. The molecule has 7 nitrogen and oxygen atoms in total. The van der Waals surface area contributed by atoms with Gasteiger partial charge in [0.05, 0.1) is 12.9 Å².